The van der Waals surface area contributed by atoms with Crippen molar-refractivity contribution in [1.82, 2.24) is 4.98 Å². The first-order chi connectivity index (χ1) is 13.0. The summed E-state index contributed by atoms with van der Waals surface area (Å²) in [6.07, 6.45) is 1.38. The van der Waals surface area contributed by atoms with E-state index < -0.39 is 15.7 Å². The summed E-state index contributed by atoms with van der Waals surface area (Å²) in [6, 6.07) is 18.8. The van der Waals surface area contributed by atoms with Gasteiger partial charge in [-0.2, -0.15) is 0 Å². The Morgan fingerprint density at radius 3 is 2.26 bits per heavy atom. The minimum Gasteiger partial charge on any atom is -0.473 e. The van der Waals surface area contributed by atoms with Gasteiger partial charge in [-0.15, -0.1) is 0 Å². The lowest BCUT2D eigenvalue weighted by Gasteiger charge is -2.10. The Bertz CT molecular complexity index is 1020. The molecule has 0 fully saturated rings. The van der Waals surface area contributed by atoms with Gasteiger partial charge < -0.3 is 9.47 Å². The van der Waals surface area contributed by atoms with Crippen LogP contribution < -0.4 is 4.74 Å². The predicted octanol–water partition coefficient (Wildman–Crippen LogP) is 3.91. The average Bonchev–Trinajstić information content (AvgIpc) is 2.73. The number of rotatable bonds is 6. The van der Waals surface area contributed by atoms with E-state index in [9.17, 15) is 9.00 Å². The number of nitrogens with zero attached hydrogens (tertiary/aromatic N) is 1. The maximum Gasteiger partial charge on any atom is 0.337 e. The fourth-order valence-corrected chi connectivity index (χ4v) is 3.64. The second-order valence-corrected chi connectivity index (χ2v) is 7.73. The molecule has 0 spiro atoms. The zero-order valence-electron chi connectivity index (χ0n) is 14.6. The molecule has 0 amide bonds. The molecule has 0 aliphatic heterocycles. The summed E-state index contributed by atoms with van der Waals surface area (Å²) in [5.74, 6) is -0.0987. The maximum atomic E-state index is 12.9. The molecule has 6 nitrogen and oxygen atoms in total. The van der Waals surface area contributed by atoms with E-state index in [0.717, 1.165) is 5.56 Å². The fraction of sp³-hybridized carbons (Fsp3) is 0.100. The smallest absolute Gasteiger partial charge is 0.337 e. The van der Waals surface area contributed by atoms with Crippen LogP contribution in [0.1, 0.15) is 15.9 Å². The van der Waals surface area contributed by atoms with Crippen LogP contribution in [-0.4, -0.2) is 22.3 Å². The van der Waals surface area contributed by atoms with Gasteiger partial charge >= 0.3 is 5.97 Å². The molecule has 0 bridgehead atoms. The molecule has 1 heterocycles. The zero-order valence-corrected chi connectivity index (χ0v) is 15.4. The summed E-state index contributed by atoms with van der Waals surface area (Å²) < 4.78 is 31.4. The zero-order chi connectivity index (χ0) is 19.3. The second-order valence-electron chi connectivity index (χ2n) is 5.68. The van der Waals surface area contributed by atoms with Gasteiger partial charge in [0.1, 0.15) is 16.3 Å². The van der Waals surface area contributed by atoms with E-state index in [1.165, 1.54) is 37.6 Å². The fourth-order valence-electron chi connectivity index (χ4n) is 2.39. The molecule has 0 aliphatic rings. The topological polar surface area (TPSA) is 89.3 Å². The van der Waals surface area contributed by atoms with Gasteiger partial charge in [0, 0.05) is 12.3 Å². The minimum absolute atomic E-state index is 0.264. The lowest BCUT2D eigenvalue weighted by atomic mass is 10.2. The van der Waals surface area contributed by atoms with Crippen molar-refractivity contribution in [3.05, 3.63) is 84.1 Å². The molecule has 27 heavy (non-hydrogen) atoms. The molecule has 0 radical (unpaired) electrons. The highest BCUT2D eigenvalue weighted by atomic mass is 32.2. The third-order valence-corrected chi connectivity index (χ3v) is 5.72. The Kier molecular flexibility index (Phi) is 5.52. The number of ether oxygens (including phenoxy) is 2. The molecule has 1 atom stereocenters. The Hall–Kier alpha value is -3.19. The van der Waals surface area contributed by atoms with E-state index in [4.69, 9.17) is 9.52 Å². The quantitative estimate of drug-likeness (QED) is 0.653. The van der Waals surface area contributed by atoms with Crippen LogP contribution in [0.3, 0.4) is 0 Å². The molecule has 3 aromatic rings. The van der Waals surface area contributed by atoms with Gasteiger partial charge in [-0.25, -0.2) is 18.8 Å². The molecule has 3 rings (SSSR count). The van der Waals surface area contributed by atoms with Gasteiger partial charge in [0.15, 0.2) is 0 Å². The van der Waals surface area contributed by atoms with Gasteiger partial charge in [-0.1, -0.05) is 30.3 Å². The largest absolute Gasteiger partial charge is 0.473 e. The summed E-state index contributed by atoms with van der Waals surface area (Å²) in [6.45, 7) is 0.373. The van der Waals surface area contributed by atoms with Crippen molar-refractivity contribution in [2.24, 2.45) is 0 Å². The molecule has 7 heteroatoms. The first-order valence-corrected chi connectivity index (χ1v) is 9.66. The van der Waals surface area contributed by atoms with Crippen LogP contribution in [0.5, 0.6) is 5.88 Å². The van der Waals surface area contributed by atoms with E-state index in [1.54, 1.807) is 12.1 Å². The van der Waals surface area contributed by atoms with E-state index in [0.29, 0.717) is 18.1 Å². The number of carbonyl (C=O) groups is 1. The van der Waals surface area contributed by atoms with Crippen molar-refractivity contribution in [1.29, 1.82) is 4.78 Å². The summed E-state index contributed by atoms with van der Waals surface area (Å²) in [4.78, 5) is 16.2. The van der Waals surface area contributed by atoms with Crippen LogP contribution in [0.2, 0.25) is 0 Å². The minimum atomic E-state index is -3.24. The first-order valence-electron chi connectivity index (χ1n) is 8.11. The molecular weight excluding hydrogens is 364 g/mol. The molecule has 0 saturated heterocycles. The Morgan fingerprint density at radius 2 is 1.67 bits per heavy atom. The van der Waals surface area contributed by atoms with Crippen molar-refractivity contribution < 1.29 is 18.5 Å². The number of carbonyl (C=O) groups excluding carboxylic acids is 1. The molecule has 138 valence electrons. The van der Waals surface area contributed by atoms with Crippen LogP contribution >= 0.6 is 0 Å². The van der Waals surface area contributed by atoms with E-state index in [2.05, 4.69) is 9.72 Å². The monoisotopic (exact) mass is 382 g/mol. The van der Waals surface area contributed by atoms with Gasteiger partial charge in [0.25, 0.3) is 0 Å². The highest BCUT2D eigenvalue weighted by molar-refractivity contribution is 7.92. The molecule has 0 saturated carbocycles. The lowest BCUT2D eigenvalue weighted by Crippen LogP contribution is -2.04. The number of hydrogen-bond donors (Lipinski definition) is 1. The summed E-state index contributed by atoms with van der Waals surface area (Å²) in [7, 11) is -1.95. The standard InChI is InChI=1S/C20H18N2O4S/c1-25-20(23)16-7-9-17(10-8-16)27(21,24)18-11-12-19(22-13-18)26-14-15-5-3-2-4-6-15/h2-13,21H,14H2,1H3. The van der Waals surface area contributed by atoms with Crippen LogP contribution in [0.15, 0.2) is 82.7 Å². The number of esters is 1. The highest BCUT2D eigenvalue weighted by Crippen LogP contribution is 2.23. The molecule has 2 aromatic carbocycles. The third-order valence-electron chi connectivity index (χ3n) is 3.88. The number of nitrogens with one attached hydrogen (secondary N) is 1. The molecule has 1 unspecified atom stereocenters. The SMILES string of the molecule is COC(=O)c1ccc(S(=N)(=O)c2ccc(OCc3ccccc3)nc2)cc1. The van der Waals surface area contributed by atoms with Crippen molar-refractivity contribution in [2.75, 3.05) is 7.11 Å². The van der Waals surface area contributed by atoms with Crippen molar-refractivity contribution in [2.45, 2.75) is 16.4 Å². The third kappa shape index (κ3) is 4.32. The van der Waals surface area contributed by atoms with Gasteiger partial charge in [-0.3, -0.25) is 0 Å². The summed E-state index contributed by atoms with van der Waals surface area (Å²) >= 11 is 0. The highest BCUT2D eigenvalue weighted by Gasteiger charge is 2.15. The molecule has 0 aliphatic carbocycles. The molecular formula is C20H18N2O4S. The first kappa shape index (κ1) is 18.6. The van der Waals surface area contributed by atoms with E-state index in [-0.39, 0.29) is 9.79 Å². The normalized spacial score (nSPS) is 12.8. The Balaban J connectivity index is 1.74. The molecule has 1 N–H and O–H groups in total. The van der Waals surface area contributed by atoms with Crippen molar-refractivity contribution in [3.63, 3.8) is 0 Å². The Labute approximate surface area is 157 Å². The number of hydrogen-bond acceptors (Lipinski definition) is 6. The Morgan fingerprint density at radius 1 is 1.00 bits per heavy atom. The predicted molar refractivity (Wildman–Crippen MR) is 100 cm³/mol. The average molecular weight is 382 g/mol. The number of pyridine rings is 1. The maximum absolute atomic E-state index is 12.9. The van der Waals surface area contributed by atoms with Crippen molar-refractivity contribution >= 4 is 15.7 Å². The van der Waals surface area contributed by atoms with Crippen LogP contribution in [-0.2, 0) is 21.1 Å². The van der Waals surface area contributed by atoms with Crippen LogP contribution in [0.4, 0.5) is 0 Å². The van der Waals surface area contributed by atoms with Crippen LogP contribution in [0, 0.1) is 4.78 Å². The summed E-state index contributed by atoms with van der Waals surface area (Å²) in [5.41, 5.74) is 1.34. The van der Waals surface area contributed by atoms with Gasteiger partial charge in [-0.05, 0) is 35.9 Å². The van der Waals surface area contributed by atoms with E-state index in [1.807, 2.05) is 30.3 Å². The number of aromatic nitrogens is 1. The molecule has 1 aromatic heterocycles. The summed E-state index contributed by atoms with van der Waals surface area (Å²) in [5, 5.41) is 0. The van der Waals surface area contributed by atoms with Crippen LogP contribution in [0.25, 0.3) is 0 Å². The number of benzene rings is 2. The lowest BCUT2D eigenvalue weighted by molar-refractivity contribution is 0.0600. The second kappa shape index (κ2) is 8.01. The van der Waals surface area contributed by atoms with E-state index >= 15 is 0 Å². The van der Waals surface area contributed by atoms with Gasteiger partial charge in [0.05, 0.1) is 22.5 Å². The number of methoxy groups -OCH3 is 1. The van der Waals surface area contributed by atoms with Gasteiger partial charge in [0.2, 0.25) is 5.88 Å². The van der Waals surface area contributed by atoms with Crippen molar-refractivity contribution in [3.8, 4) is 5.88 Å².